The predicted molar refractivity (Wildman–Crippen MR) is 66.5 cm³/mol. The van der Waals surface area contributed by atoms with Gasteiger partial charge in [0, 0.05) is 11.3 Å². The third-order valence-electron chi connectivity index (χ3n) is 2.09. The van der Waals surface area contributed by atoms with Crippen LogP contribution in [0.5, 0.6) is 0 Å². The first kappa shape index (κ1) is 12.4. The maximum Gasteiger partial charge on any atom is 0.271 e. The Morgan fingerprint density at radius 2 is 1.94 bits per heavy atom. The molecule has 0 unspecified atom stereocenters. The van der Waals surface area contributed by atoms with Gasteiger partial charge in [-0.1, -0.05) is 32.0 Å². The first-order valence-electron chi connectivity index (χ1n) is 5.48. The highest BCUT2D eigenvalue weighted by Crippen LogP contribution is 2.01. The maximum atomic E-state index is 11.6. The standard InChI is InChI=1S/C13H18N2O/c1-10(2)9-11(3)14-15-13(16)12-7-5-4-6-8-12/h4-8,10H,9H2,1-3H3,(H,15,16)/b14-11-. The van der Waals surface area contributed by atoms with E-state index >= 15 is 0 Å². The Labute approximate surface area is 96.6 Å². The van der Waals surface area contributed by atoms with Gasteiger partial charge in [0.05, 0.1) is 0 Å². The molecule has 0 aromatic heterocycles. The SMILES string of the molecule is C/C(CC(C)C)=N/NC(=O)c1ccccc1. The molecule has 86 valence electrons. The number of nitrogens with zero attached hydrogens (tertiary/aromatic N) is 1. The largest absolute Gasteiger partial charge is 0.271 e. The Bertz CT molecular complexity index is 369. The van der Waals surface area contributed by atoms with Crippen molar-refractivity contribution in [2.24, 2.45) is 11.0 Å². The van der Waals surface area contributed by atoms with Crippen molar-refractivity contribution in [3.8, 4) is 0 Å². The third-order valence-corrected chi connectivity index (χ3v) is 2.09. The van der Waals surface area contributed by atoms with E-state index in [2.05, 4.69) is 24.4 Å². The predicted octanol–water partition coefficient (Wildman–Crippen LogP) is 2.84. The van der Waals surface area contributed by atoms with E-state index in [9.17, 15) is 4.79 Å². The van der Waals surface area contributed by atoms with Gasteiger partial charge >= 0.3 is 0 Å². The zero-order valence-corrected chi connectivity index (χ0v) is 10.0. The van der Waals surface area contributed by atoms with Gasteiger partial charge in [0.15, 0.2) is 0 Å². The van der Waals surface area contributed by atoms with Crippen LogP contribution in [0.4, 0.5) is 0 Å². The lowest BCUT2D eigenvalue weighted by atomic mass is 10.1. The number of rotatable bonds is 4. The van der Waals surface area contributed by atoms with Crippen LogP contribution in [0.1, 0.15) is 37.6 Å². The number of nitrogens with one attached hydrogen (secondary N) is 1. The van der Waals surface area contributed by atoms with Gasteiger partial charge in [-0.25, -0.2) is 5.43 Å². The van der Waals surface area contributed by atoms with E-state index in [-0.39, 0.29) is 5.91 Å². The van der Waals surface area contributed by atoms with Gasteiger partial charge < -0.3 is 0 Å². The minimum absolute atomic E-state index is 0.163. The molecule has 0 atom stereocenters. The smallest absolute Gasteiger partial charge is 0.267 e. The molecule has 0 bridgehead atoms. The van der Waals surface area contributed by atoms with Gasteiger partial charge in [0.1, 0.15) is 0 Å². The second kappa shape index (κ2) is 6.05. The van der Waals surface area contributed by atoms with Gasteiger partial charge in [-0.3, -0.25) is 4.79 Å². The molecular weight excluding hydrogens is 200 g/mol. The van der Waals surface area contributed by atoms with E-state index < -0.39 is 0 Å². The van der Waals surface area contributed by atoms with Crippen molar-refractivity contribution in [1.29, 1.82) is 0 Å². The van der Waals surface area contributed by atoms with E-state index in [4.69, 9.17) is 0 Å². The number of hydrazone groups is 1. The summed E-state index contributed by atoms with van der Waals surface area (Å²) < 4.78 is 0. The average Bonchev–Trinajstić information content (AvgIpc) is 2.26. The van der Waals surface area contributed by atoms with Gasteiger partial charge in [-0.05, 0) is 31.4 Å². The molecule has 0 aliphatic rings. The molecule has 1 aromatic carbocycles. The molecule has 0 spiro atoms. The Morgan fingerprint density at radius 1 is 1.31 bits per heavy atom. The van der Waals surface area contributed by atoms with Crippen LogP contribution in [0.25, 0.3) is 0 Å². The summed E-state index contributed by atoms with van der Waals surface area (Å²) in [6.07, 6.45) is 0.898. The molecule has 0 aliphatic carbocycles. The fraction of sp³-hybridized carbons (Fsp3) is 0.385. The Kier molecular flexibility index (Phi) is 4.70. The van der Waals surface area contributed by atoms with Crippen molar-refractivity contribution in [2.45, 2.75) is 27.2 Å². The summed E-state index contributed by atoms with van der Waals surface area (Å²) in [5, 5.41) is 4.06. The second-order valence-corrected chi connectivity index (χ2v) is 4.25. The number of amides is 1. The summed E-state index contributed by atoms with van der Waals surface area (Å²) in [6, 6.07) is 9.08. The summed E-state index contributed by atoms with van der Waals surface area (Å²) >= 11 is 0. The zero-order chi connectivity index (χ0) is 12.0. The molecule has 0 radical (unpaired) electrons. The molecule has 0 aliphatic heterocycles. The van der Waals surface area contributed by atoms with Crippen molar-refractivity contribution in [3.63, 3.8) is 0 Å². The highest BCUT2D eigenvalue weighted by Gasteiger charge is 2.03. The van der Waals surface area contributed by atoms with Crippen molar-refractivity contribution in [2.75, 3.05) is 0 Å². The van der Waals surface area contributed by atoms with Gasteiger partial charge in [-0.15, -0.1) is 0 Å². The lowest BCUT2D eigenvalue weighted by Gasteiger charge is -2.04. The first-order chi connectivity index (χ1) is 7.59. The fourth-order valence-electron chi connectivity index (χ4n) is 1.44. The first-order valence-corrected chi connectivity index (χ1v) is 5.48. The molecular formula is C13H18N2O. The average molecular weight is 218 g/mol. The molecule has 1 aromatic rings. The molecule has 3 nitrogen and oxygen atoms in total. The summed E-state index contributed by atoms with van der Waals surface area (Å²) in [4.78, 5) is 11.6. The molecule has 0 saturated carbocycles. The molecule has 0 fully saturated rings. The summed E-state index contributed by atoms with van der Waals surface area (Å²) in [5.74, 6) is 0.390. The topological polar surface area (TPSA) is 41.5 Å². The zero-order valence-electron chi connectivity index (χ0n) is 10.0. The fourth-order valence-corrected chi connectivity index (χ4v) is 1.44. The lowest BCUT2D eigenvalue weighted by molar-refractivity contribution is 0.0954. The van der Waals surface area contributed by atoms with Gasteiger partial charge in [-0.2, -0.15) is 5.10 Å². The Morgan fingerprint density at radius 3 is 2.50 bits per heavy atom. The monoisotopic (exact) mass is 218 g/mol. The van der Waals surface area contributed by atoms with Crippen LogP contribution in [-0.2, 0) is 0 Å². The molecule has 0 saturated heterocycles. The third kappa shape index (κ3) is 4.26. The van der Waals surface area contributed by atoms with Crippen LogP contribution in [-0.4, -0.2) is 11.6 Å². The van der Waals surface area contributed by atoms with Crippen molar-refractivity contribution in [1.82, 2.24) is 5.43 Å². The molecule has 1 amide bonds. The number of hydrogen-bond donors (Lipinski definition) is 1. The summed E-state index contributed by atoms with van der Waals surface area (Å²) in [5.41, 5.74) is 4.13. The highest BCUT2D eigenvalue weighted by atomic mass is 16.2. The minimum Gasteiger partial charge on any atom is -0.267 e. The van der Waals surface area contributed by atoms with Crippen molar-refractivity contribution in [3.05, 3.63) is 35.9 Å². The second-order valence-electron chi connectivity index (χ2n) is 4.25. The van der Waals surface area contributed by atoms with Crippen LogP contribution in [0.2, 0.25) is 0 Å². The molecule has 16 heavy (non-hydrogen) atoms. The van der Waals surface area contributed by atoms with Crippen LogP contribution in [0.3, 0.4) is 0 Å². The highest BCUT2D eigenvalue weighted by molar-refractivity contribution is 5.95. The van der Waals surface area contributed by atoms with E-state index in [1.54, 1.807) is 12.1 Å². The number of benzene rings is 1. The Hall–Kier alpha value is -1.64. The molecule has 0 heterocycles. The Balaban J connectivity index is 2.53. The summed E-state index contributed by atoms with van der Waals surface area (Å²) in [7, 11) is 0. The number of carbonyl (C=O) groups is 1. The van der Waals surface area contributed by atoms with E-state index in [0.29, 0.717) is 11.5 Å². The van der Waals surface area contributed by atoms with Gasteiger partial charge in [0.25, 0.3) is 5.91 Å². The normalized spacial score (nSPS) is 11.6. The number of hydrogen-bond acceptors (Lipinski definition) is 2. The van der Waals surface area contributed by atoms with Gasteiger partial charge in [0.2, 0.25) is 0 Å². The molecule has 1 N–H and O–H groups in total. The van der Waals surface area contributed by atoms with Crippen LogP contribution in [0, 0.1) is 5.92 Å². The molecule has 1 rings (SSSR count). The summed E-state index contributed by atoms with van der Waals surface area (Å²) in [6.45, 7) is 6.17. The van der Waals surface area contributed by atoms with Crippen LogP contribution < -0.4 is 5.43 Å². The molecule has 3 heteroatoms. The van der Waals surface area contributed by atoms with Crippen molar-refractivity contribution >= 4 is 11.6 Å². The number of carbonyl (C=O) groups excluding carboxylic acids is 1. The van der Waals surface area contributed by atoms with E-state index in [1.165, 1.54) is 0 Å². The van der Waals surface area contributed by atoms with Crippen molar-refractivity contribution < 1.29 is 4.79 Å². The van der Waals surface area contributed by atoms with Crippen LogP contribution in [0.15, 0.2) is 35.4 Å². The maximum absolute atomic E-state index is 11.6. The minimum atomic E-state index is -0.163. The van der Waals surface area contributed by atoms with E-state index in [0.717, 1.165) is 12.1 Å². The quantitative estimate of drug-likeness (QED) is 0.612. The lowest BCUT2D eigenvalue weighted by Crippen LogP contribution is -2.19. The van der Waals surface area contributed by atoms with E-state index in [1.807, 2.05) is 25.1 Å². The van der Waals surface area contributed by atoms with Crippen LogP contribution >= 0.6 is 0 Å².